The lowest BCUT2D eigenvalue weighted by molar-refractivity contribution is -0.143. The molecule has 6 rings (SSSR count). The molecular weight excluding hydrogens is 479 g/mol. The number of halogens is 1. The standard InChI is InChI=1S/C30H35FN6O/c1-19-12-29(4)16-28(2,3)17-30(13-19,18-29)27(38)33-24-15-37-25(32-24)11-10-23(34-37)22-14-36(5)35-26(22)20-6-8-21(31)9-7-20/h6-11,14-15,19H,12-13,16-18H2,1-5H3,(H,33,38). The highest BCUT2D eigenvalue weighted by Crippen LogP contribution is 2.62. The third-order valence-corrected chi connectivity index (χ3v) is 8.33. The van der Waals surface area contributed by atoms with Crippen molar-refractivity contribution in [3.63, 3.8) is 0 Å². The van der Waals surface area contributed by atoms with Crippen LogP contribution in [-0.4, -0.2) is 30.3 Å². The first-order valence-corrected chi connectivity index (χ1v) is 13.4. The minimum absolute atomic E-state index is 0.0811. The van der Waals surface area contributed by atoms with Gasteiger partial charge in [-0.2, -0.15) is 10.2 Å². The Morgan fingerprint density at radius 3 is 2.53 bits per heavy atom. The number of imidazole rings is 1. The minimum Gasteiger partial charge on any atom is -0.309 e. The maximum atomic E-state index is 13.9. The number of aromatic nitrogens is 5. The Labute approximate surface area is 222 Å². The molecule has 2 aliphatic rings. The molecule has 4 aromatic rings. The first kappa shape index (κ1) is 24.8. The number of anilines is 1. The zero-order chi connectivity index (χ0) is 26.9. The highest BCUT2D eigenvalue weighted by Gasteiger charge is 2.56. The fourth-order valence-electron chi connectivity index (χ4n) is 8.03. The van der Waals surface area contributed by atoms with Crippen LogP contribution in [0.15, 0.2) is 48.8 Å². The molecule has 1 amide bonds. The van der Waals surface area contributed by atoms with Gasteiger partial charge in [0.05, 0.1) is 17.3 Å². The predicted octanol–water partition coefficient (Wildman–Crippen LogP) is 6.51. The molecular formula is C30H35FN6O. The second-order valence-electron chi connectivity index (χ2n) is 13.0. The Morgan fingerprint density at radius 2 is 1.76 bits per heavy atom. The van der Waals surface area contributed by atoms with Crippen molar-refractivity contribution in [1.29, 1.82) is 0 Å². The second-order valence-corrected chi connectivity index (χ2v) is 13.0. The van der Waals surface area contributed by atoms with Crippen LogP contribution >= 0.6 is 0 Å². The summed E-state index contributed by atoms with van der Waals surface area (Å²) in [4.78, 5) is 18.5. The largest absolute Gasteiger partial charge is 0.309 e. The molecule has 2 fully saturated rings. The summed E-state index contributed by atoms with van der Waals surface area (Å²) in [6.07, 6.45) is 8.77. The molecule has 0 aliphatic heterocycles. The van der Waals surface area contributed by atoms with Gasteiger partial charge >= 0.3 is 0 Å². The van der Waals surface area contributed by atoms with Crippen molar-refractivity contribution in [3.05, 3.63) is 54.6 Å². The minimum atomic E-state index is -0.373. The number of aryl methyl sites for hydroxylation is 1. The molecule has 8 heteroatoms. The number of nitrogens with one attached hydrogen (secondary N) is 1. The summed E-state index contributed by atoms with van der Waals surface area (Å²) in [6, 6.07) is 10.1. The van der Waals surface area contributed by atoms with Gasteiger partial charge in [-0.05, 0) is 85.3 Å². The van der Waals surface area contributed by atoms with E-state index in [9.17, 15) is 9.18 Å². The van der Waals surface area contributed by atoms with Gasteiger partial charge in [0.25, 0.3) is 0 Å². The van der Waals surface area contributed by atoms with Crippen molar-refractivity contribution in [1.82, 2.24) is 24.4 Å². The molecule has 0 radical (unpaired) electrons. The Kier molecular flexibility index (Phi) is 5.53. The second kappa shape index (κ2) is 8.48. The van der Waals surface area contributed by atoms with Gasteiger partial charge in [0.1, 0.15) is 11.5 Å². The first-order valence-electron chi connectivity index (χ1n) is 13.4. The SMILES string of the molecule is CC1CC2(C)CC(C)(C)CC(C(=O)Nc3cn4nc(-c5cn(C)nc5-c5ccc(F)cc5)ccc4n3)(C1)C2. The van der Waals surface area contributed by atoms with Gasteiger partial charge in [0.15, 0.2) is 11.5 Å². The van der Waals surface area contributed by atoms with Gasteiger partial charge < -0.3 is 5.32 Å². The third kappa shape index (κ3) is 4.40. The molecule has 2 bridgehead atoms. The smallest absolute Gasteiger partial charge is 0.231 e. The van der Waals surface area contributed by atoms with Gasteiger partial charge in [0, 0.05) is 24.4 Å². The van der Waals surface area contributed by atoms with E-state index in [0.29, 0.717) is 23.1 Å². The summed E-state index contributed by atoms with van der Waals surface area (Å²) in [7, 11) is 1.85. The average molecular weight is 515 g/mol. The van der Waals surface area contributed by atoms with Gasteiger partial charge in [-0.3, -0.25) is 9.48 Å². The predicted molar refractivity (Wildman–Crippen MR) is 146 cm³/mol. The molecule has 3 unspecified atom stereocenters. The number of rotatable bonds is 4. The Bertz CT molecular complexity index is 1530. The monoisotopic (exact) mass is 514 g/mol. The lowest BCUT2D eigenvalue weighted by Gasteiger charge is -2.57. The van der Waals surface area contributed by atoms with Crippen LogP contribution in [0.2, 0.25) is 0 Å². The maximum absolute atomic E-state index is 13.9. The average Bonchev–Trinajstić information content (AvgIpc) is 3.39. The van der Waals surface area contributed by atoms with Crippen LogP contribution < -0.4 is 5.32 Å². The van der Waals surface area contributed by atoms with Crippen LogP contribution in [0.5, 0.6) is 0 Å². The van der Waals surface area contributed by atoms with Crippen molar-refractivity contribution < 1.29 is 9.18 Å². The van der Waals surface area contributed by atoms with E-state index in [-0.39, 0.29) is 28.0 Å². The van der Waals surface area contributed by atoms with E-state index in [1.165, 1.54) is 18.6 Å². The Morgan fingerprint density at radius 1 is 1.00 bits per heavy atom. The van der Waals surface area contributed by atoms with Gasteiger partial charge in [-0.25, -0.2) is 13.9 Å². The summed E-state index contributed by atoms with van der Waals surface area (Å²) in [6.45, 7) is 9.25. The van der Waals surface area contributed by atoms with E-state index in [0.717, 1.165) is 42.5 Å². The fraction of sp³-hybridized carbons (Fsp3) is 0.467. The fourth-order valence-corrected chi connectivity index (χ4v) is 8.03. The van der Waals surface area contributed by atoms with E-state index < -0.39 is 0 Å². The number of nitrogens with zero attached hydrogens (tertiary/aromatic N) is 5. The quantitative estimate of drug-likeness (QED) is 0.337. The summed E-state index contributed by atoms with van der Waals surface area (Å²) in [5.74, 6) is 0.831. The molecule has 0 spiro atoms. The lowest BCUT2D eigenvalue weighted by Crippen LogP contribution is -2.53. The van der Waals surface area contributed by atoms with E-state index in [4.69, 9.17) is 5.10 Å². The number of carbonyl (C=O) groups is 1. The van der Waals surface area contributed by atoms with Gasteiger partial charge in [-0.1, -0.05) is 27.7 Å². The highest BCUT2D eigenvalue weighted by molar-refractivity contribution is 5.95. The van der Waals surface area contributed by atoms with Crippen molar-refractivity contribution in [2.45, 2.75) is 59.8 Å². The molecule has 1 N–H and O–H groups in total. The molecule has 3 heterocycles. The zero-order valence-electron chi connectivity index (χ0n) is 22.8. The van der Waals surface area contributed by atoms with Crippen molar-refractivity contribution in [3.8, 4) is 22.5 Å². The van der Waals surface area contributed by atoms with Crippen LogP contribution in [-0.2, 0) is 11.8 Å². The summed E-state index contributed by atoms with van der Waals surface area (Å²) in [5, 5.41) is 12.5. The van der Waals surface area contributed by atoms with Crippen LogP contribution in [0.25, 0.3) is 28.2 Å². The molecule has 198 valence electrons. The topological polar surface area (TPSA) is 77.1 Å². The van der Waals surface area contributed by atoms with Crippen LogP contribution in [0, 0.1) is 28.0 Å². The molecule has 1 aromatic carbocycles. The first-order chi connectivity index (χ1) is 17.9. The van der Waals surface area contributed by atoms with E-state index in [1.807, 2.05) is 25.4 Å². The number of benzene rings is 1. The lowest BCUT2D eigenvalue weighted by atomic mass is 9.47. The molecule has 38 heavy (non-hydrogen) atoms. The summed E-state index contributed by atoms with van der Waals surface area (Å²) >= 11 is 0. The highest BCUT2D eigenvalue weighted by atomic mass is 19.1. The number of hydrogen-bond acceptors (Lipinski definition) is 4. The van der Waals surface area contributed by atoms with E-state index in [2.05, 4.69) is 43.1 Å². The zero-order valence-corrected chi connectivity index (χ0v) is 22.8. The molecule has 3 atom stereocenters. The van der Waals surface area contributed by atoms with Crippen LogP contribution in [0.1, 0.15) is 59.8 Å². The van der Waals surface area contributed by atoms with Crippen LogP contribution in [0.3, 0.4) is 0 Å². The molecule has 2 saturated carbocycles. The molecule has 2 aliphatic carbocycles. The number of amides is 1. The molecule has 7 nitrogen and oxygen atoms in total. The van der Waals surface area contributed by atoms with Crippen molar-refractivity contribution >= 4 is 17.4 Å². The summed E-state index contributed by atoms with van der Waals surface area (Å²) in [5.41, 5.74) is 3.68. The number of fused-ring (bicyclic) bond motifs is 3. The van der Waals surface area contributed by atoms with E-state index >= 15 is 0 Å². The molecule has 0 saturated heterocycles. The third-order valence-electron chi connectivity index (χ3n) is 8.33. The molecule has 3 aromatic heterocycles. The summed E-state index contributed by atoms with van der Waals surface area (Å²) < 4.78 is 16.9. The van der Waals surface area contributed by atoms with Crippen molar-refractivity contribution in [2.75, 3.05) is 5.32 Å². The van der Waals surface area contributed by atoms with Crippen LogP contribution in [0.4, 0.5) is 10.2 Å². The van der Waals surface area contributed by atoms with Gasteiger partial charge in [0.2, 0.25) is 5.91 Å². The van der Waals surface area contributed by atoms with Crippen molar-refractivity contribution in [2.24, 2.45) is 29.2 Å². The number of hydrogen-bond donors (Lipinski definition) is 1. The normalized spacial score (nSPS) is 26.4. The Balaban J connectivity index is 1.30. The maximum Gasteiger partial charge on any atom is 0.231 e. The number of carbonyl (C=O) groups excluding carboxylic acids is 1. The van der Waals surface area contributed by atoms with Gasteiger partial charge in [-0.15, -0.1) is 0 Å². The van der Waals surface area contributed by atoms with E-state index in [1.54, 1.807) is 27.5 Å². The Hall–Kier alpha value is -3.55.